The first kappa shape index (κ1) is 15.6. The van der Waals surface area contributed by atoms with E-state index in [-0.39, 0.29) is 5.91 Å². The molecule has 1 aliphatic rings. The average molecular weight is 314 g/mol. The van der Waals surface area contributed by atoms with E-state index in [0.29, 0.717) is 12.1 Å². The molecular formula is C16H22N6O. The van der Waals surface area contributed by atoms with Crippen molar-refractivity contribution in [3.05, 3.63) is 41.5 Å². The molecule has 1 amide bonds. The predicted octanol–water partition coefficient (Wildman–Crippen LogP) is 1.16. The maximum absolute atomic E-state index is 12.8. The van der Waals surface area contributed by atoms with Gasteiger partial charge in [0.1, 0.15) is 12.2 Å². The van der Waals surface area contributed by atoms with E-state index in [9.17, 15) is 4.79 Å². The molecule has 2 aromatic rings. The molecule has 0 aliphatic carbocycles. The smallest absolute Gasteiger partial charge is 0.257 e. The highest BCUT2D eigenvalue weighted by molar-refractivity contribution is 5.96. The Morgan fingerprint density at radius 3 is 2.61 bits per heavy atom. The third kappa shape index (κ3) is 3.56. The van der Waals surface area contributed by atoms with Crippen LogP contribution in [0.5, 0.6) is 0 Å². The Kier molecular flexibility index (Phi) is 4.66. The number of H-pyrrole nitrogens is 1. The van der Waals surface area contributed by atoms with E-state index < -0.39 is 0 Å². The van der Waals surface area contributed by atoms with Crippen LogP contribution in [0.2, 0.25) is 0 Å². The number of aromatic nitrogens is 4. The van der Waals surface area contributed by atoms with Gasteiger partial charge in [-0.15, -0.1) is 0 Å². The number of hydrogen-bond donors (Lipinski definition) is 1. The molecule has 3 heterocycles. The van der Waals surface area contributed by atoms with Crippen molar-refractivity contribution in [2.75, 3.05) is 26.2 Å². The number of carbonyl (C=O) groups excluding carboxylic acids is 1. The van der Waals surface area contributed by atoms with Crippen molar-refractivity contribution in [2.24, 2.45) is 0 Å². The molecule has 3 rings (SSSR count). The summed E-state index contributed by atoms with van der Waals surface area (Å²) in [6.07, 6.45) is 6.07. The van der Waals surface area contributed by atoms with Gasteiger partial charge in [0.05, 0.1) is 23.5 Å². The molecule has 7 heteroatoms. The minimum absolute atomic E-state index is 0.0421. The first-order valence-electron chi connectivity index (χ1n) is 7.93. The van der Waals surface area contributed by atoms with Crippen LogP contribution in [-0.4, -0.2) is 61.8 Å². The molecule has 0 unspecified atom stereocenters. The molecule has 0 aromatic carbocycles. The molecule has 0 bridgehead atoms. The van der Waals surface area contributed by atoms with Gasteiger partial charge in [0.25, 0.3) is 5.91 Å². The predicted molar refractivity (Wildman–Crippen MR) is 85.9 cm³/mol. The minimum atomic E-state index is 0.0421. The second kappa shape index (κ2) is 6.87. The summed E-state index contributed by atoms with van der Waals surface area (Å²) in [6, 6.07) is 0. The molecular weight excluding hydrogens is 292 g/mol. The summed E-state index contributed by atoms with van der Waals surface area (Å²) >= 11 is 0. The van der Waals surface area contributed by atoms with Crippen LogP contribution < -0.4 is 0 Å². The van der Waals surface area contributed by atoms with Crippen LogP contribution in [0, 0.1) is 13.8 Å². The Hall–Kier alpha value is -2.28. The van der Waals surface area contributed by atoms with E-state index in [1.165, 1.54) is 6.33 Å². The van der Waals surface area contributed by atoms with Crippen molar-refractivity contribution in [3.63, 3.8) is 0 Å². The summed E-state index contributed by atoms with van der Waals surface area (Å²) in [5, 5.41) is 0. The van der Waals surface area contributed by atoms with Gasteiger partial charge < -0.3 is 9.88 Å². The van der Waals surface area contributed by atoms with Gasteiger partial charge in [0.2, 0.25) is 0 Å². The largest absolute Gasteiger partial charge is 0.348 e. The highest BCUT2D eigenvalue weighted by Gasteiger charge is 2.23. The number of rotatable bonds is 3. The lowest BCUT2D eigenvalue weighted by Crippen LogP contribution is -2.36. The summed E-state index contributed by atoms with van der Waals surface area (Å²) in [5.74, 6) is 1.01. The fourth-order valence-corrected chi connectivity index (χ4v) is 2.99. The standard InChI is InChI=1S/C16H22N6O/c1-12-15(13(2)20-11-19-12)16(23)22-7-3-6-21(8-9-22)10-14-17-4-5-18-14/h4-5,11H,3,6-10H2,1-2H3,(H,17,18). The molecule has 1 fully saturated rings. The van der Waals surface area contributed by atoms with E-state index in [4.69, 9.17) is 0 Å². The van der Waals surface area contributed by atoms with Crippen molar-refractivity contribution in [2.45, 2.75) is 26.8 Å². The van der Waals surface area contributed by atoms with Gasteiger partial charge in [-0.2, -0.15) is 0 Å². The van der Waals surface area contributed by atoms with E-state index in [1.807, 2.05) is 24.9 Å². The Morgan fingerprint density at radius 2 is 1.91 bits per heavy atom. The van der Waals surface area contributed by atoms with Gasteiger partial charge in [-0.3, -0.25) is 9.69 Å². The van der Waals surface area contributed by atoms with Gasteiger partial charge in [0, 0.05) is 38.6 Å². The van der Waals surface area contributed by atoms with Gasteiger partial charge in [-0.05, 0) is 20.3 Å². The Morgan fingerprint density at radius 1 is 1.13 bits per heavy atom. The normalized spacial score (nSPS) is 16.3. The van der Waals surface area contributed by atoms with Gasteiger partial charge in [-0.25, -0.2) is 15.0 Å². The molecule has 2 aromatic heterocycles. The van der Waals surface area contributed by atoms with Crippen LogP contribution in [0.4, 0.5) is 0 Å². The number of hydrogen-bond acceptors (Lipinski definition) is 5. The summed E-state index contributed by atoms with van der Waals surface area (Å²) < 4.78 is 0. The minimum Gasteiger partial charge on any atom is -0.348 e. The summed E-state index contributed by atoms with van der Waals surface area (Å²) in [4.78, 5) is 32.8. The maximum Gasteiger partial charge on any atom is 0.257 e. The van der Waals surface area contributed by atoms with Gasteiger partial charge in [0.15, 0.2) is 0 Å². The van der Waals surface area contributed by atoms with Crippen LogP contribution in [0.3, 0.4) is 0 Å². The number of nitrogens with zero attached hydrogens (tertiary/aromatic N) is 5. The zero-order valence-corrected chi connectivity index (χ0v) is 13.6. The lowest BCUT2D eigenvalue weighted by atomic mass is 10.1. The molecule has 7 nitrogen and oxygen atoms in total. The Bertz CT molecular complexity index is 649. The van der Waals surface area contributed by atoms with Crippen LogP contribution >= 0.6 is 0 Å². The number of aromatic amines is 1. The van der Waals surface area contributed by atoms with Gasteiger partial charge >= 0.3 is 0 Å². The van der Waals surface area contributed by atoms with Crippen LogP contribution in [-0.2, 0) is 6.54 Å². The topological polar surface area (TPSA) is 78.0 Å². The third-order valence-electron chi connectivity index (χ3n) is 4.24. The number of carbonyl (C=O) groups is 1. The van der Waals surface area contributed by atoms with Crippen molar-refractivity contribution in [1.29, 1.82) is 0 Å². The summed E-state index contributed by atoms with van der Waals surface area (Å²) in [6.45, 7) is 7.81. The second-order valence-electron chi connectivity index (χ2n) is 5.88. The fourth-order valence-electron chi connectivity index (χ4n) is 2.99. The van der Waals surface area contributed by atoms with E-state index in [0.717, 1.165) is 49.8 Å². The lowest BCUT2D eigenvalue weighted by Gasteiger charge is -2.22. The molecule has 0 spiro atoms. The third-order valence-corrected chi connectivity index (χ3v) is 4.24. The number of imidazole rings is 1. The van der Waals surface area contributed by atoms with E-state index >= 15 is 0 Å². The van der Waals surface area contributed by atoms with Crippen molar-refractivity contribution >= 4 is 5.91 Å². The SMILES string of the molecule is Cc1ncnc(C)c1C(=O)N1CCCN(Cc2ncc[nH]2)CC1. The Labute approximate surface area is 135 Å². The number of amides is 1. The highest BCUT2D eigenvalue weighted by Crippen LogP contribution is 2.14. The lowest BCUT2D eigenvalue weighted by molar-refractivity contribution is 0.0758. The second-order valence-corrected chi connectivity index (χ2v) is 5.88. The number of nitrogens with one attached hydrogen (secondary N) is 1. The molecule has 0 atom stereocenters. The van der Waals surface area contributed by atoms with Crippen LogP contribution in [0.1, 0.15) is 34.0 Å². The molecule has 23 heavy (non-hydrogen) atoms. The van der Waals surface area contributed by atoms with Crippen molar-refractivity contribution in [3.8, 4) is 0 Å². The number of aryl methyl sites for hydroxylation is 2. The quantitative estimate of drug-likeness (QED) is 0.920. The molecule has 1 saturated heterocycles. The average Bonchev–Trinajstić information content (AvgIpc) is 2.91. The zero-order valence-electron chi connectivity index (χ0n) is 13.6. The van der Waals surface area contributed by atoms with Crippen molar-refractivity contribution in [1.82, 2.24) is 29.7 Å². The first-order valence-corrected chi connectivity index (χ1v) is 7.93. The molecule has 0 saturated carbocycles. The zero-order chi connectivity index (χ0) is 16.2. The summed E-state index contributed by atoms with van der Waals surface area (Å²) in [5.41, 5.74) is 2.14. The Balaban J connectivity index is 1.67. The van der Waals surface area contributed by atoms with Crippen molar-refractivity contribution < 1.29 is 4.79 Å². The fraction of sp³-hybridized carbons (Fsp3) is 0.500. The highest BCUT2D eigenvalue weighted by atomic mass is 16.2. The van der Waals surface area contributed by atoms with Crippen LogP contribution in [0.25, 0.3) is 0 Å². The molecule has 122 valence electrons. The van der Waals surface area contributed by atoms with E-state index in [1.54, 1.807) is 6.20 Å². The molecule has 1 N–H and O–H groups in total. The van der Waals surface area contributed by atoms with Gasteiger partial charge in [-0.1, -0.05) is 0 Å². The monoisotopic (exact) mass is 314 g/mol. The van der Waals surface area contributed by atoms with Crippen LogP contribution in [0.15, 0.2) is 18.7 Å². The molecule has 0 radical (unpaired) electrons. The molecule has 1 aliphatic heterocycles. The van der Waals surface area contributed by atoms with E-state index in [2.05, 4.69) is 24.8 Å². The maximum atomic E-state index is 12.8. The summed E-state index contributed by atoms with van der Waals surface area (Å²) in [7, 11) is 0. The first-order chi connectivity index (χ1) is 11.1.